The van der Waals surface area contributed by atoms with Gasteiger partial charge in [0.05, 0.1) is 0 Å². The van der Waals surface area contributed by atoms with Gasteiger partial charge in [0.2, 0.25) is 5.91 Å². The van der Waals surface area contributed by atoms with Crippen molar-refractivity contribution in [1.29, 1.82) is 0 Å². The van der Waals surface area contributed by atoms with E-state index < -0.39 is 17.5 Å². The van der Waals surface area contributed by atoms with Crippen LogP contribution in [0.3, 0.4) is 0 Å². The third-order valence-corrected chi connectivity index (χ3v) is 5.47. The highest BCUT2D eigenvalue weighted by molar-refractivity contribution is 9.10. The second-order valence-corrected chi connectivity index (χ2v) is 7.78. The van der Waals surface area contributed by atoms with Crippen LogP contribution in [0.4, 0.5) is 10.5 Å². The molecular formula is C20H22BrN3O3. The van der Waals surface area contributed by atoms with Crippen LogP contribution in [-0.4, -0.2) is 34.8 Å². The largest absolute Gasteiger partial charge is 0.325 e. The number of amides is 4. The summed E-state index contributed by atoms with van der Waals surface area (Å²) in [6.45, 7) is 3.63. The highest BCUT2D eigenvalue weighted by Crippen LogP contribution is 2.33. The minimum Gasteiger partial charge on any atom is -0.325 e. The van der Waals surface area contributed by atoms with Crippen LogP contribution in [0.25, 0.3) is 0 Å². The van der Waals surface area contributed by atoms with E-state index in [2.05, 4.69) is 33.5 Å². The van der Waals surface area contributed by atoms with Gasteiger partial charge in [0.25, 0.3) is 5.91 Å². The van der Waals surface area contributed by atoms with Crippen molar-refractivity contribution in [2.45, 2.75) is 32.2 Å². The first kappa shape index (κ1) is 19.4. The lowest BCUT2D eigenvalue weighted by Gasteiger charge is -2.29. The molecule has 3 rings (SSSR count). The molecule has 1 aliphatic carbocycles. The smallest absolute Gasteiger partial charge is 0.325 e. The van der Waals surface area contributed by atoms with Crippen LogP contribution in [0.5, 0.6) is 0 Å². The van der Waals surface area contributed by atoms with Crippen LogP contribution >= 0.6 is 15.9 Å². The van der Waals surface area contributed by atoms with E-state index >= 15 is 0 Å². The molecule has 2 aliphatic rings. The first-order valence-corrected chi connectivity index (χ1v) is 9.73. The highest BCUT2D eigenvalue weighted by atomic mass is 79.9. The van der Waals surface area contributed by atoms with E-state index in [-0.39, 0.29) is 12.5 Å². The van der Waals surface area contributed by atoms with Crippen molar-refractivity contribution in [3.63, 3.8) is 0 Å². The van der Waals surface area contributed by atoms with E-state index in [4.69, 9.17) is 0 Å². The third kappa shape index (κ3) is 3.83. The average Bonchev–Trinajstić information content (AvgIpc) is 2.89. The van der Waals surface area contributed by atoms with Gasteiger partial charge >= 0.3 is 6.03 Å². The Labute approximate surface area is 166 Å². The van der Waals surface area contributed by atoms with Gasteiger partial charge in [-0.25, -0.2) is 4.79 Å². The molecule has 7 heteroatoms. The summed E-state index contributed by atoms with van der Waals surface area (Å²) in [5, 5.41) is 5.52. The summed E-state index contributed by atoms with van der Waals surface area (Å²) in [5.41, 5.74) is 0.298. The Morgan fingerprint density at radius 1 is 1.33 bits per heavy atom. The number of hydrogen-bond acceptors (Lipinski definition) is 3. The second kappa shape index (κ2) is 7.68. The molecule has 0 spiro atoms. The Morgan fingerprint density at radius 2 is 2.04 bits per heavy atom. The lowest BCUT2D eigenvalue weighted by Crippen LogP contribution is -2.48. The molecule has 0 saturated carbocycles. The molecule has 1 fully saturated rings. The molecule has 0 bridgehead atoms. The molecule has 2 unspecified atom stereocenters. The molecule has 1 saturated heterocycles. The summed E-state index contributed by atoms with van der Waals surface area (Å²) in [7, 11) is 0. The summed E-state index contributed by atoms with van der Waals surface area (Å²) < 4.78 is 0.894. The highest BCUT2D eigenvalue weighted by Gasteiger charge is 2.52. The van der Waals surface area contributed by atoms with Gasteiger partial charge in [-0.3, -0.25) is 14.5 Å². The number of nitrogens with zero attached hydrogens (tertiary/aromatic N) is 1. The topological polar surface area (TPSA) is 78.5 Å². The lowest BCUT2D eigenvalue weighted by atomic mass is 9.82. The zero-order valence-electron chi connectivity index (χ0n) is 15.3. The van der Waals surface area contributed by atoms with E-state index in [0.29, 0.717) is 18.0 Å². The molecule has 142 valence electrons. The van der Waals surface area contributed by atoms with Crippen molar-refractivity contribution < 1.29 is 14.4 Å². The molecule has 1 aromatic carbocycles. The van der Waals surface area contributed by atoms with Crippen molar-refractivity contribution in [1.82, 2.24) is 10.2 Å². The fourth-order valence-corrected chi connectivity index (χ4v) is 3.59. The van der Waals surface area contributed by atoms with Gasteiger partial charge in [-0.05, 0) is 48.6 Å². The fraction of sp³-hybridized carbons (Fsp3) is 0.350. The summed E-state index contributed by atoms with van der Waals surface area (Å²) in [6, 6.07) is 6.54. The van der Waals surface area contributed by atoms with Crippen LogP contribution in [0.15, 0.2) is 52.5 Å². The Kier molecular flexibility index (Phi) is 5.51. The third-order valence-electron chi connectivity index (χ3n) is 4.94. The molecular weight excluding hydrogens is 410 g/mol. The number of rotatable bonds is 5. The zero-order chi connectivity index (χ0) is 19.6. The first-order chi connectivity index (χ1) is 12.9. The Bertz CT molecular complexity index is 831. The van der Waals surface area contributed by atoms with Crippen LogP contribution in [-0.2, 0) is 9.59 Å². The number of benzene rings is 1. The van der Waals surface area contributed by atoms with E-state index in [9.17, 15) is 14.4 Å². The monoisotopic (exact) mass is 431 g/mol. The molecule has 0 aromatic heterocycles. The Morgan fingerprint density at radius 3 is 2.63 bits per heavy atom. The van der Waals surface area contributed by atoms with Gasteiger partial charge in [0.15, 0.2) is 0 Å². The van der Waals surface area contributed by atoms with Crippen molar-refractivity contribution in [2.24, 2.45) is 5.92 Å². The van der Waals surface area contributed by atoms with E-state index in [1.165, 1.54) is 0 Å². The number of halogens is 1. The summed E-state index contributed by atoms with van der Waals surface area (Å²) in [4.78, 5) is 38.8. The van der Waals surface area contributed by atoms with Gasteiger partial charge in [-0.1, -0.05) is 48.0 Å². The van der Waals surface area contributed by atoms with Gasteiger partial charge in [-0.2, -0.15) is 0 Å². The Hall–Kier alpha value is -2.41. The minimum absolute atomic E-state index is 0.324. The zero-order valence-corrected chi connectivity index (χ0v) is 16.9. The van der Waals surface area contributed by atoms with E-state index in [0.717, 1.165) is 21.4 Å². The molecule has 1 aromatic rings. The predicted octanol–water partition coefficient (Wildman–Crippen LogP) is 3.61. The number of carbonyl (C=O) groups is 3. The number of anilines is 1. The van der Waals surface area contributed by atoms with Crippen molar-refractivity contribution >= 4 is 39.5 Å². The van der Waals surface area contributed by atoms with Gasteiger partial charge in [0.1, 0.15) is 12.1 Å². The SMILES string of the molecule is CCC1(C2=CCC(C)C=C2)NC(=O)N(CC(=O)Nc2ccc(Br)cc2)C1=O. The summed E-state index contributed by atoms with van der Waals surface area (Å²) in [5.74, 6) is -0.399. The number of carbonyl (C=O) groups excluding carboxylic acids is 3. The van der Waals surface area contributed by atoms with Crippen molar-refractivity contribution in [3.05, 3.63) is 52.5 Å². The average molecular weight is 432 g/mol. The fourth-order valence-electron chi connectivity index (χ4n) is 3.33. The number of nitrogens with one attached hydrogen (secondary N) is 2. The number of hydrogen-bond donors (Lipinski definition) is 2. The standard InChI is InChI=1S/C20H22BrN3O3/c1-3-20(14-6-4-13(2)5-7-14)18(26)24(19(27)23-20)12-17(25)22-16-10-8-15(21)9-11-16/h4,6-11,13H,3,5,12H2,1-2H3,(H,22,25)(H,23,27). The number of urea groups is 1. The second-order valence-electron chi connectivity index (χ2n) is 6.87. The van der Waals surface area contributed by atoms with Crippen LogP contribution in [0, 0.1) is 5.92 Å². The quantitative estimate of drug-likeness (QED) is 0.698. The van der Waals surface area contributed by atoms with Crippen molar-refractivity contribution in [2.75, 3.05) is 11.9 Å². The van der Waals surface area contributed by atoms with E-state index in [1.807, 2.05) is 25.2 Å². The maximum absolute atomic E-state index is 13.1. The number of imide groups is 1. The van der Waals surface area contributed by atoms with Crippen LogP contribution in [0.2, 0.25) is 0 Å². The van der Waals surface area contributed by atoms with Crippen molar-refractivity contribution in [3.8, 4) is 0 Å². The van der Waals surface area contributed by atoms with Gasteiger partial charge in [-0.15, -0.1) is 0 Å². The minimum atomic E-state index is -1.09. The summed E-state index contributed by atoms with van der Waals surface area (Å²) in [6.07, 6.45) is 7.18. The molecule has 2 N–H and O–H groups in total. The lowest BCUT2D eigenvalue weighted by molar-refractivity contribution is -0.132. The normalized spacial score (nSPS) is 24.6. The van der Waals surface area contributed by atoms with Gasteiger partial charge in [0, 0.05) is 10.2 Å². The molecule has 2 atom stereocenters. The van der Waals surface area contributed by atoms with Crippen LogP contribution < -0.4 is 10.6 Å². The maximum Gasteiger partial charge on any atom is 0.325 e. The first-order valence-electron chi connectivity index (χ1n) is 8.94. The predicted molar refractivity (Wildman–Crippen MR) is 107 cm³/mol. The van der Waals surface area contributed by atoms with Crippen LogP contribution in [0.1, 0.15) is 26.7 Å². The number of allylic oxidation sites excluding steroid dienone is 2. The molecule has 6 nitrogen and oxygen atoms in total. The molecule has 27 heavy (non-hydrogen) atoms. The molecule has 4 amide bonds. The van der Waals surface area contributed by atoms with Gasteiger partial charge < -0.3 is 10.6 Å². The van der Waals surface area contributed by atoms with E-state index in [1.54, 1.807) is 24.3 Å². The molecule has 0 radical (unpaired) electrons. The molecule has 1 heterocycles. The molecule has 1 aliphatic heterocycles. The Balaban J connectivity index is 1.74. The summed E-state index contributed by atoms with van der Waals surface area (Å²) >= 11 is 3.33. The maximum atomic E-state index is 13.1.